The fourth-order valence-electron chi connectivity index (χ4n) is 1.31. The molecule has 0 aliphatic rings. The molecule has 1 aromatic heterocycles. The number of anilines is 1. The molecule has 0 aromatic carbocycles. The zero-order valence-corrected chi connectivity index (χ0v) is 9.47. The van der Waals surface area contributed by atoms with Crippen molar-refractivity contribution in [3.05, 3.63) is 36.0 Å². The maximum Gasteiger partial charge on any atom is 0.326 e. The maximum atomic E-state index is 11.0. The van der Waals surface area contributed by atoms with E-state index in [1.54, 1.807) is 19.1 Å². The average Bonchev–Trinajstić information content (AvgIpc) is 2.28. The van der Waals surface area contributed by atoms with Crippen molar-refractivity contribution >= 4 is 11.8 Å². The van der Waals surface area contributed by atoms with Gasteiger partial charge in [-0.1, -0.05) is 6.08 Å². The normalized spacial score (nSPS) is 11.3. The number of carbonyl (C=O) groups is 1. The number of carboxylic acid groups (broad SMARTS) is 1. The van der Waals surface area contributed by atoms with Crippen molar-refractivity contribution in [3.63, 3.8) is 0 Å². The van der Waals surface area contributed by atoms with E-state index in [9.17, 15) is 4.79 Å². The number of hydrogen-bond donors (Lipinski definition) is 2. The zero-order chi connectivity index (χ0) is 12.8. The molecule has 5 nitrogen and oxygen atoms in total. The Balaban J connectivity index is 3.00. The lowest BCUT2D eigenvalue weighted by Crippen LogP contribution is -2.29. The lowest BCUT2D eigenvalue weighted by molar-refractivity contribution is -0.137. The molecule has 0 aliphatic carbocycles. The Bertz CT molecular complexity index is 477. The quantitative estimate of drug-likeness (QED) is 0.753. The molecule has 0 saturated carbocycles. The number of aliphatic carboxylic acids is 1. The highest BCUT2D eigenvalue weighted by molar-refractivity contribution is 5.77. The van der Waals surface area contributed by atoms with Gasteiger partial charge in [-0.05, 0) is 25.5 Å². The molecule has 88 valence electrons. The summed E-state index contributed by atoms with van der Waals surface area (Å²) in [5.74, 6) is -0.709. The Hall–Kier alpha value is -2.35. The number of pyridine rings is 1. The molecule has 0 aliphatic heterocycles. The van der Waals surface area contributed by atoms with Crippen molar-refractivity contribution in [2.24, 2.45) is 0 Å². The SMILES string of the molecule is C=CCC(Nc1nc(C)ccc1C#N)C(=O)O. The third-order valence-corrected chi connectivity index (χ3v) is 2.17. The molecule has 1 unspecified atom stereocenters. The third-order valence-electron chi connectivity index (χ3n) is 2.17. The molecule has 0 saturated heterocycles. The molecule has 0 bridgehead atoms. The molecular formula is C12H13N3O2. The number of nitriles is 1. The summed E-state index contributed by atoms with van der Waals surface area (Å²) < 4.78 is 0. The minimum Gasteiger partial charge on any atom is -0.480 e. The first-order chi connectivity index (χ1) is 8.08. The van der Waals surface area contributed by atoms with Crippen molar-refractivity contribution in [2.75, 3.05) is 5.32 Å². The van der Waals surface area contributed by atoms with Gasteiger partial charge in [0.05, 0.1) is 5.56 Å². The van der Waals surface area contributed by atoms with E-state index in [-0.39, 0.29) is 6.42 Å². The van der Waals surface area contributed by atoms with E-state index in [1.165, 1.54) is 6.08 Å². The highest BCUT2D eigenvalue weighted by atomic mass is 16.4. The van der Waals surface area contributed by atoms with Gasteiger partial charge in [0.15, 0.2) is 0 Å². The van der Waals surface area contributed by atoms with Crippen LogP contribution >= 0.6 is 0 Å². The van der Waals surface area contributed by atoms with Crippen molar-refractivity contribution in [1.82, 2.24) is 4.98 Å². The molecule has 0 fully saturated rings. The highest BCUT2D eigenvalue weighted by Gasteiger charge is 2.17. The van der Waals surface area contributed by atoms with Crippen LogP contribution in [0.1, 0.15) is 17.7 Å². The van der Waals surface area contributed by atoms with E-state index in [0.29, 0.717) is 17.1 Å². The molecule has 0 amide bonds. The molecule has 1 rings (SSSR count). The Kier molecular flexibility index (Phi) is 4.23. The summed E-state index contributed by atoms with van der Waals surface area (Å²) in [6.45, 7) is 5.27. The Labute approximate surface area is 99.4 Å². The number of nitrogens with zero attached hydrogens (tertiary/aromatic N) is 2. The Morgan fingerprint density at radius 2 is 2.47 bits per heavy atom. The largest absolute Gasteiger partial charge is 0.480 e. The molecule has 1 aromatic rings. The Morgan fingerprint density at radius 1 is 1.76 bits per heavy atom. The predicted molar refractivity (Wildman–Crippen MR) is 63.5 cm³/mol. The number of rotatable bonds is 5. The van der Waals surface area contributed by atoms with Gasteiger partial charge in [-0.25, -0.2) is 9.78 Å². The van der Waals surface area contributed by atoms with E-state index in [4.69, 9.17) is 10.4 Å². The molecule has 0 spiro atoms. The van der Waals surface area contributed by atoms with Crippen LogP contribution in [-0.2, 0) is 4.79 Å². The van der Waals surface area contributed by atoms with E-state index >= 15 is 0 Å². The lowest BCUT2D eigenvalue weighted by Gasteiger charge is -2.14. The van der Waals surface area contributed by atoms with Crippen molar-refractivity contribution in [2.45, 2.75) is 19.4 Å². The van der Waals surface area contributed by atoms with Gasteiger partial charge in [0.1, 0.15) is 17.9 Å². The van der Waals surface area contributed by atoms with Gasteiger partial charge in [-0.2, -0.15) is 5.26 Å². The second-order valence-corrected chi connectivity index (χ2v) is 3.52. The van der Waals surface area contributed by atoms with E-state index in [2.05, 4.69) is 16.9 Å². The molecule has 2 N–H and O–H groups in total. The number of nitrogens with one attached hydrogen (secondary N) is 1. The summed E-state index contributed by atoms with van der Waals surface area (Å²) in [5.41, 5.74) is 1.04. The second kappa shape index (κ2) is 5.66. The number of aryl methyl sites for hydroxylation is 1. The van der Waals surface area contributed by atoms with Gasteiger partial charge in [-0.15, -0.1) is 6.58 Å². The van der Waals surface area contributed by atoms with Gasteiger partial charge in [0.2, 0.25) is 0 Å². The zero-order valence-electron chi connectivity index (χ0n) is 9.47. The minimum atomic E-state index is -1.00. The topological polar surface area (TPSA) is 86.0 Å². The standard InChI is InChI=1S/C12H13N3O2/c1-3-4-10(12(16)17)15-11-9(7-13)6-5-8(2)14-11/h3,5-6,10H,1,4H2,2H3,(H,14,15)(H,16,17). The molecule has 5 heteroatoms. The predicted octanol–water partition coefficient (Wildman–Crippen LogP) is 1.70. The average molecular weight is 231 g/mol. The molecule has 1 heterocycles. The second-order valence-electron chi connectivity index (χ2n) is 3.52. The Morgan fingerprint density at radius 3 is 3.00 bits per heavy atom. The fourth-order valence-corrected chi connectivity index (χ4v) is 1.31. The van der Waals surface area contributed by atoms with E-state index < -0.39 is 12.0 Å². The first-order valence-electron chi connectivity index (χ1n) is 5.06. The van der Waals surface area contributed by atoms with Crippen LogP contribution in [0, 0.1) is 18.3 Å². The monoisotopic (exact) mass is 231 g/mol. The van der Waals surface area contributed by atoms with Crippen molar-refractivity contribution in [3.8, 4) is 6.07 Å². The molecule has 17 heavy (non-hydrogen) atoms. The maximum absolute atomic E-state index is 11.0. The summed E-state index contributed by atoms with van der Waals surface area (Å²) in [4.78, 5) is 15.1. The lowest BCUT2D eigenvalue weighted by atomic mass is 10.2. The van der Waals surface area contributed by atoms with Gasteiger partial charge in [-0.3, -0.25) is 0 Å². The van der Waals surface area contributed by atoms with Crippen LogP contribution in [0.4, 0.5) is 5.82 Å². The highest BCUT2D eigenvalue weighted by Crippen LogP contribution is 2.14. The number of carboxylic acids is 1. The van der Waals surface area contributed by atoms with Crippen LogP contribution in [0.2, 0.25) is 0 Å². The summed E-state index contributed by atoms with van der Waals surface area (Å²) in [6, 6.07) is 4.45. The van der Waals surface area contributed by atoms with Gasteiger partial charge >= 0.3 is 5.97 Å². The summed E-state index contributed by atoms with van der Waals surface area (Å²) in [7, 11) is 0. The van der Waals surface area contributed by atoms with Crippen LogP contribution in [0.3, 0.4) is 0 Å². The van der Waals surface area contributed by atoms with Crippen LogP contribution < -0.4 is 5.32 Å². The van der Waals surface area contributed by atoms with Crippen LogP contribution in [0.5, 0.6) is 0 Å². The molecular weight excluding hydrogens is 218 g/mol. The molecule has 1 atom stereocenters. The fraction of sp³-hybridized carbons (Fsp3) is 0.250. The number of aromatic nitrogens is 1. The van der Waals surface area contributed by atoms with Gasteiger partial charge in [0, 0.05) is 5.69 Å². The molecule has 0 radical (unpaired) electrons. The summed E-state index contributed by atoms with van der Waals surface area (Å²) in [6.07, 6.45) is 1.77. The summed E-state index contributed by atoms with van der Waals surface area (Å²) in [5, 5.41) is 20.6. The number of hydrogen-bond acceptors (Lipinski definition) is 4. The first kappa shape index (κ1) is 12.7. The third kappa shape index (κ3) is 3.31. The van der Waals surface area contributed by atoms with Crippen LogP contribution in [0.25, 0.3) is 0 Å². The van der Waals surface area contributed by atoms with E-state index in [0.717, 1.165) is 0 Å². The first-order valence-corrected chi connectivity index (χ1v) is 5.06. The van der Waals surface area contributed by atoms with Crippen molar-refractivity contribution < 1.29 is 9.90 Å². The van der Waals surface area contributed by atoms with Gasteiger partial charge < -0.3 is 10.4 Å². The van der Waals surface area contributed by atoms with E-state index in [1.807, 2.05) is 6.07 Å². The summed E-state index contributed by atoms with van der Waals surface area (Å²) >= 11 is 0. The van der Waals surface area contributed by atoms with Crippen LogP contribution in [-0.4, -0.2) is 22.1 Å². The van der Waals surface area contributed by atoms with Crippen molar-refractivity contribution in [1.29, 1.82) is 5.26 Å². The van der Waals surface area contributed by atoms with Gasteiger partial charge in [0.25, 0.3) is 0 Å². The van der Waals surface area contributed by atoms with Crippen LogP contribution in [0.15, 0.2) is 24.8 Å². The smallest absolute Gasteiger partial charge is 0.326 e. The minimum absolute atomic E-state index is 0.260.